The molecule has 7 heteroatoms. The maximum absolute atomic E-state index is 13.8. The number of fused-ring (bicyclic) bond motifs is 2. The van der Waals surface area contributed by atoms with Gasteiger partial charge in [-0.05, 0) is 48.7 Å². The molecule has 30 heavy (non-hydrogen) atoms. The number of nitrogens with one attached hydrogen (secondary N) is 2. The van der Waals surface area contributed by atoms with Crippen molar-refractivity contribution in [3.63, 3.8) is 0 Å². The van der Waals surface area contributed by atoms with Gasteiger partial charge in [0.1, 0.15) is 11.0 Å². The van der Waals surface area contributed by atoms with Crippen LogP contribution in [0.25, 0.3) is 0 Å². The third kappa shape index (κ3) is 2.58. The van der Waals surface area contributed by atoms with Gasteiger partial charge < -0.3 is 15.4 Å². The Kier molecular flexibility index (Phi) is 4.44. The number of carbonyl (C=O) groups is 2. The number of hydrogen-bond donors (Lipinski definition) is 2. The molecule has 2 saturated heterocycles. The summed E-state index contributed by atoms with van der Waals surface area (Å²) in [4.78, 5) is 26.7. The standard InChI is InChI=1S/C23H22Cl2N2O3/c1-3-22(12(2)30-22)20-23(16-8-7-15(25)10-18(16)26-21(23)29)17(11-19(28)27-20)13-5-4-6-14(24)9-13/h4-10,12,17,20H,3,11H2,1-2H3,(H,26,29)(H,27,28)/t12?,17-,20+,22?,23-/m0/s1. The van der Waals surface area contributed by atoms with Crippen LogP contribution in [-0.2, 0) is 19.7 Å². The summed E-state index contributed by atoms with van der Waals surface area (Å²) in [6.45, 7) is 4.02. The van der Waals surface area contributed by atoms with E-state index in [0.717, 1.165) is 11.1 Å². The second-order valence-electron chi connectivity index (χ2n) is 8.39. The average Bonchev–Trinajstić information content (AvgIpc) is 3.30. The minimum atomic E-state index is -1.03. The molecule has 2 fully saturated rings. The summed E-state index contributed by atoms with van der Waals surface area (Å²) in [6.07, 6.45) is 0.798. The third-order valence-electron chi connectivity index (χ3n) is 7.07. The fourth-order valence-electron chi connectivity index (χ4n) is 5.63. The zero-order chi connectivity index (χ0) is 21.3. The van der Waals surface area contributed by atoms with E-state index in [9.17, 15) is 9.59 Å². The first-order valence-electron chi connectivity index (χ1n) is 10.2. The van der Waals surface area contributed by atoms with E-state index in [4.69, 9.17) is 27.9 Å². The molecule has 156 valence electrons. The molecular formula is C23H22Cl2N2O3. The SMILES string of the molecule is CCC1([C@H]2NC(=O)C[C@@H](c3cccc(Cl)c3)[C@]23C(=O)Nc2cc(Cl)ccc23)OC1C. The van der Waals surface area contributed by atoms with Gasteiger partial charge >= 0.3 is 0 Å². The molecule has 5 atom stereocenters. The molecule has 2 amide bonds. The number of carbonyl (C=O) groups excluding carboxylic acids is 2. The number of ether oxygens (including phenoxy) is 1. The first-order chi connectivity index (χ1) is 14.3. The van der Waals surface area contributed by atoms with E-state index < -0.39 is 23.0 Å². The molecule has 3 aliphatic rings. The van der Waals surface area contributed by atoms with Gasteiger partial charge in [0.15, 0.2) is 0 Å². The van der Waals surface area contributed by atoms with Crippen LogP contribution in [0.15, 0.2) is 42.5 Å². The Morgan fingerprint density at radius 2 is 1.87 bits per heavy atom. The molecule has 0 aromatic heterocycles. The van der Waals surface area contributed by atoms with Crippen LogP contribution in [0.5, 0.6) is 0 Å². The van der Waals surface area contributed by atoms with Gasteiger partial charge in [-0.25, -0.2) is 0 Å². The van der Waals surface area contributed by atoms with Gasteiger partial charge in [-0.3, -0.25) is 9.59 Å². The van der Waals surface area contributed by atoms with Crippen molar-refractivity contribution in [1.29, 1.82) is 0 Å². The number of benzene rings is 2. The van der Waals surface area contributed by atoms with E-state index in [1.165, 1.54) is 0 Å². The lowest BCUT2D eigenvalue weighted by Crippen LogP contribution is -2.67. The Labute approximate surface area is 185 Å². The number of anilines is 1. The van der Waals surface area contributed by atoms with E-state index in [1.807, 2.05) is 38.1 Å². The van der Waals surface area contributed by atoms with E-state index in [2.05, 4.69) is 10.6 Å². The monoisotopic (exact) mass is 444 g/mol. The number of halogens is 2. The van der Waals surface area contributed by atoms with Crippen LogP contribution >= 0.6 is 23.2 Å². The van der Waals surface area contributed by atoms with Gasteiger partial charge in [0.25, 0.3) is 0 Å². The van der Waals surface area contributed by atoms with Gasteiger partial charge in [0, 0.05) is 28.1 Å². The number of rotatable bonds is 3. The summed E-state index contributed by atoms with van der Waals surface area (Å²) in [5.41, 5.74) is 0.743. The second-order valence-corrected chi connectivity index (χ2v) is 9.27. The van der Waals surface area contributed by atoms with Crippen LogP contribution in [-0.4, -0.2) is 29.6 Å². The summed E-state index contributed by atoms with van der Waals surface area (Å²) in [7, 11) is 0. The van der Waals surface area contributed by atoms with Crippen molar-refractivity contribution in [2.24, 2.45) is 0 Å². The Morgan fingerprint density at radius 1 is 1.13 bits per heavy atom. The third-order valence-corrected chi connectivity index (χ3v) is 7.54. The van der Waals surface area contributed by atoms with Gasteiger partial charge in [-0.1, -0.05) is 48.3 Å². The lowest BCUT2D eigenvalue weighted by molar-refractivity contribution is -0.133. The average molecular weight is 445 g/mol. The maximum Gasteiger partial charge on any atom is 0.237 e. The predicted molar refractivity (Wildman–Crippen MR) is 116 cm³/mol. The summed E-state index contributed by atoms with van der Waals surface area (Å²) >= 11 is 12.5. The first-order valence-corrected chi connectivity index (χ1v) is 10.9. The van der Waals surface area contributed by atoms with Crippen molar-refractivity contribution in [2.75, 3.05) is 5.32 Å². The maximum atomic E-state index is 13.8. The fraction of sp³-hybridized carbons (Fsp3) is 0.391. The number of hydrogen-bond acceptors (Lipinski definition) is 3. The Hall–Kier alpha value is -2.08. The molecule has 3 heterocycles. The first kappa shape index (κ1) is 19.9. The molecule has 0 radical (unpaired) electrons. The lowest BCUT2D eigenvalue weighted by atomic mass is 9.57. The zero-order valence-corrected chi connectivity index (χ0v) is 18.2. The van der Waals surface area contributed by atoms with Crippen LogP contribution in [0.1, 0.15) is 43.7 Å². The fourth-order valence-corrected chi connectivity index (χ4v) is 6.00. The van der Waals surface area contributed by atoms with Gasteiger partial charge in [-0.15, -0.1) is 0 Å². The minimum Gasteiger partial charge on any atom is -0.364 e. The highest BCUT2D eigenvalue weighted by atomic mass is 35.5. The van der Waals surface area contributed by atoms with Gasteiger partial charge in [-0.2, -0.15) is 0 Å². The largest absolute Gasteiger partial charge is 0.364 e. The topological polar surface area (TPSA) is 70.7 Å². The van der Waals surface area contributed by atoms with Crippen molar-refractivity contribution < 1.29 is 14.3 Å². The van der Waals surface area contributed by atoms with E-state index in [-0.39, 0.29) is 24.3 Å². The van der Waals surface area contributed by atoms with Crippen molar-refractivity contribution in [2.45, 2.75) is 55.8 Å². The highest BCUT2D eigenvalue weighted by Gasteiger charge is 2.71. The number of piperidine rings is 1. The van der Waals surface area contributed by atoms with Crippen LogP contribution in [0, 0.1) is 0 Å². The van der Waals surface area contributed by atoms with E-state index >= 15 is 0 Å². The van der Waals surface area contributed by atoms with Crippen molar-refractivity contribution >= 4 is 40.7 Å². The molecule has 0 saturated carbocycles. The second kappa shape index (κ2) is 6.71. The Morgan fingerprint density at radius 3 is 2.53 bits per heavy atom. The molecule has 2 N–H and O–H groups in total. The van der Waals surface area contributed by atoms with Gasteiger partial charge in [0.05, 0.1) is 12.1 Å². The molecule has 0 aliphatic carbocycles. The van der Waals surface area contributed by atoms with Crippen molar-refractivity contribution in [3.05, 3.63) is 63.6 Å². The van der Waals surface area contributed by atoms with Crippen LogP contribution in [0.3, 0.4) is 0 Å². The zero-order valence-electron chi connectivity index (χ0n) is 16.7. The molecule has 5 nitrogen and oxygen atoms in total. The Bertz CT molecular complexity index is 1070. The minimum absolute atomic E-state index is 0.0630. The number of amides is 2. The van der Waals surface area contributed by atoms with E-state index in [1.54, 1.807) is 18.2 Å². The normalized spacial score (nSPS) is 34.5. The summed E-state index contributed by atoms with van der Waals surface area (Å²) in [6, 6.07) is 12.4. The summed E-state index contributed by atoms with van der Waals surface area (Å²) < 4.78 is 6.08. The van der Waals surface area contributed by atoms with Gasteiger partial charge in [0.2, 0.25) is 11.8 Å². The smallest absolute Gasteiger partial charge is 0.237 e. The highest BCUT2D eigenvalue weighted by Crippen LogP contribution is 2.59. The molecular weight excluding hydrogens is 423 g/mol. The highest BCUT2D eigenvalue weighted by molar-refractivity contribution is 6.31. The number of epoxide rings is 1. The van der Waals surface area contributed by atoms with Crippen LogP contribution in [0.4, 0.5) is 5.69 Å². The quantitative estimate of drug-likeness (QED) is 0.688. The van der Waals surface area contributed by atoms with E-state index in [0.29, 0.717) is 22.2 Å². The van der Waals surface area contributed by atoms with Crippen molar-refractivity contribution in [3.8, 4) is 0 Å². The molecule has 0 bridgehead atoms. The van der Waals surface area contributed by atoms with Crippen LogP contribution < -0.4 is 10.6 Å². The molecule has 2 aromatic carbocycles. The molecule has 2 aromatic rings. The lowest BCUT2D eigenvalue weighted by Gasteiger charge is -2.48. The Balaban J connectivity index is 1.79. The van der Waals surface area contributed by atoms with Crippen molar-refractivity contribution in [1.82, 2.24) is 5.32 Å². The predicted octanol–water partition coefficient (Wildman–Crippen LogP) is 4.42. The molecule has 1 spiro atoms. The molecule has 2 unspecified atom stereocenters. The summed E-state index contributed by atoms with van der Waals surface area (Å²) in [5.74, 6) is -0.635. The van der Waals surface area contributed by atoms with Crippen LogP contribution in [0.2, 0.25) is 10.0 Å². The molecule has 5 rings (SSSR count). The molecule has 3 aliphatic heterocycles. The summed E-state index contributed by atoms with van der Waals surface area (Å²) in [5, 5.41) is 7.29.